The minimum Gasteiger partial charge on any atom is -0.469 e. The molecule has 0 saturated carbocycles. The van der Waals surface area contributed by atoms with E-state index in [1.165, 1.54) is 7.11 Å². The number of carbonyl (C=O) groups is 2. The maximum atomic E-state index is 11.7. The van der Waals surface area contributed by atoms with Crippen molar-refractivity contribution in [3.05, 3.63) is 0 Å². The molecule has 0 aromatic carbocycles. The van der Waals surface area contributed by atoms with Crippen molar-refractivity contribution < 1.29 is 14.3 Å². The zero-order valence-corrected chi connectivity index (χ0v) is 10.3. The van der Waals surface area contributed by atoms with Crippen molar-refractivity contribution in [3.8, 4) is 0 Å². The van der Waals surface area contributed by atoms with Gasteiger partial charge in [0.15, 0.2) is 0 Å². The normalized spacial score (nSPS) is 24.7. The number of hydrogen-bond acceptors (Lipinski definition) is 3. The summed E-state index contributed by atoms with van der Waals surface area (Å²) < 4.78 is 4.72. The van der Waals surface area contributed by atoms with Crippen molar-refractivity contribution in [2.75, 3.05) is 20.2 Å². The van der Waals surface area contributed by atoms with Gasteiger partial charge in [0.05, 0.1) is 13.0 Å². The minimum absolute atomic E-state index is 0.103. The Bertz CT molecular complexity index is 278. The molecule has 2 amide bonds. The lowest BCUT2D eigenvalue weighted by atomic mass is 9.99. The molecule has 0 aromatic heterocycles. The zero-order valence-electron chi connectivity index (χ0n) is 10.3. The number of hydrogen-bond donors (Lipinski definition) is 1. The largest absolute Gasteiger partial charge is 0.469 e. The number of methoxy groups -OCH3 is 1. The first kappa shape index (κ1) is 12.8. The van der Waals surface area contributed by atoms with Crippen LogP contribution >= 0.6 is 0 Å². The fraction of sp³-hybridized carbons (Fsp3) is 0.818. The van der Waals surface area contributed by atoms with E-state index in [0.29, 0.717) is 13.1 Å². The lowest BCUT2D eigenvalue weighted by Gasteiger charge is -2.18. The topological polar surface area (TPSA) is 58.6 Å². The molecule has 2 unspecified atom stereocenters. The molecule has 2 atom stereocenters. The summed E-state index contributed by atoms with van der Waals surface area (Å²) in [6, 6.07) is 0.00763. The van der Waals surface area contributed by atoms with Crippen molar-refractivity contribution >= 4 is 12.0 Å². The van der Waals surface area contributed by atoms with Gasteiger partial charge in [0.25, 0.3) is 0 Å². The van der Waals surface area contributed by atoms with Crippen LogP contribution in [0, 0.1) is 11.8 Å². The van der Waals surface area contributed by atoms with Crippen LogP contribution in [-0.4, -0.2) is 43.1 Å². The standard InChI is InChI=1S/C11H20N2O3/c1-7(2)12-11(15)13-5-8(3)9(6-13)10(14)16-4/h7-9H,5-6H2,1-4H3,(H,12,15). The van der Waals surface area contributed by atoms with Crippen LogP contribution in [0.5, 0.6) is 0 Å². The molecule has 0 bridgehead atoms. The monoisotopic (exact) mass is 228 g/mol. The molecule has 1 rings (SSSR count). The van der Waals surface area contributed by atoms with E-state index in [-0.39, 0.29) is 29.9 Å². The zero-order chi connectivity index (χ0) is 12.3. The Morgan fingerprint density at radius 2 is 2.00 bits per heavy atom. The maximum absolute atomic E-state index is 11.7. The molecule has 1 saturated heterocycles. The van der Waals surface area contributed by atoms with Crippen molar-refractivity contribution in [1.29, 1.82) is 0 Å². The van der Waals surface area contributed by atoms with E-state index in [1.54, 1.807) is 4.90 Å². The summed E-state index contributed by atoms with van der Waals surface area (Å²) in [5.74, 6) is -0.263. The third-order valence-corrected chi connectivity index (χ3v) is 2.82. The highest BCUT2D eigenvalue weighted by atomic mass is 16.5. The lowest BCUT2D eigenvalue weighted by molar-refractivity contribution is -0.145. The molecule has 1 aliphatic rings. The van der Waals surface area contributed by atoms with E-state index >= 15 is 0 Å². The number of nitrogens with zero attached hydrogens (tertiary/aromatic N) is 1. The number of esters is 1. The van der Waals surface area contributed by atoms with Gasteiger partial charge in [0.1, 0.15) is 0 Å². The molecule has 0 radical (unpaired) electrons. The van der Waals surface area contributed by atoms with Gasteiger partial charge in [-0.15, -0.1) is 0 Å². The van der Waals surface area contributed by atoms with Crippen LogP contribution < -0.4 is 5.32 Å². The third-order valence-electron chi connectivity index (χ3n) is 2.82. The van der Waals surface area contributed by atoms with E-state index in [9.17, 15) is 9.59 Å². The van der Waals surface area contributed by atoms with E-state index < -0.39 is 0 Å². The Kier molecular flexibility index (Phi) is 4.15. The van der Waals surface area contributed by atoms with Crippen LogP contribution in [0.1, 0.15) is 20.8 Å². The quantitative estimate of drug-likeness (QED) is 0.713. The average Bonchev–Trinajstić information content (AvgIpc) is 2.58. The van der Waals surface area contributed by atoms with E-state index in [4.69, 9.17) is 4.74 Å². The number of carbonyl (C=O) groups excluding carboxylic acids is 2. The van der Waals surface area contributed by atoms with Gasteiger partial charge in [-0.05, 0) is 19.8 Å². The van der Waals surface area contributed by atoms with Gasteiger partial charge in [-0.2, -0.15) is 0 Å². The number of rotatable bonds is 2. The first-order valence-corrected chi connectivity index (χ1v) is 5.59. The van der Waals surface area contributed by atoms with Gasteiger partial charge in [-0.3, -0.25) is 4.79 Å². The van der Waals surface area contributed by atoms with Crippen LogP contribution in [0.4, 0.5) is 4.79 Å². The lowest BCUT2D eigenvalue weighted by Crippen LogP contribution is -2.42. The Balaban J connectivity index is 2.55. The fourth-order valence-corrected chi connectivity index (χ4v) is 1.93. The Hall–Kier alpha value is -1.26. The van der Waals surface area contributed by atoms with Crippen LogP contribution in [-0.2, 0) is 9.53 Å². The predicted octanol–water partition coefficient (Wildman–Crippen LogP) is 0.845. The second-order valence-corrected chi connectivity index (χ2v) is 4.62. The molecule has 0 aromatic rings. The van der Waals surface area contributed by atoms with E-state index in [2.05, 4.69) is 5.32 Å². The van der Waals surface area contributed by atoms with Crippen LogP contribution in [0.25, 0.3) is 0 Å². The molecule has 0 aliphatic carbocycles. The predicted molar refractivity (Wildman–Crippen MR) is 59.9 cm³/mol. The summed E-state index contributed by atoms with van der Waals surface area (Å²) in [6.45, 7) is 6.85. The molecular weight excluding hydrogens is 208 g/mol. The van der Waals surface area contributed by atoms with Gasteiger partial charge >= 0.3 is 12.0 Å². The van der Waals surface area contributed by atoms with Gasteiger partial charge in [-0.1, -0.05) is 6.92 Å². The Labute approximate surface area is 96.1 Å². The smallest absolute Gasteiger partial charge is 0.317 e. The molecular formula is C11H20N2O3. The summed E-state index contributed by atoms with van der Waals surface area (Å²) >= 11 is 0. The molecule has 5 heteroatoms. The molecule has 16 heavy (non-hydrogen) atoms. The second-order valence-electron chi connectivity index (χ2n) is 4.62. The molecule has 92 valence electrons. The number of amides is 2. The molecule has 1 aliphatic heterocycles. The summed E-state index contributed by atoms with van der Waals surface area (Å²) in [5.41, 5.74) is 0. The third kappa shape index (κ3) is 2.87. The summed E-state index contributed by atoms with van der Waals surface area (Å²) in [4.78, 5) is 24.8. The summed E-state index contributed by atoms with van der Waals surface area (Å²) in [5, 5.41) is 2.82. The van der Waals surface area contributed by atoms with Crippen molar-refractivity contribution in [3.63, 3.8) is 0 Å². The number of ether oxygens (including phenoxy) is 1. The molecule has 1 N–H and O–H groups in total. The van der Waals surface area contributed by atoms with Crippen molar-refractivity contribution in [2.45, 2.75) is 26.8 Å². The van der Waals surface area contributed by atoms with Gasteiger partial charge in [-0.25, -0.2) is 4.79 Å². The number of nitrogens with one attached hydrogen (secondary N) is 1. The van der Waals surface area contributed by atoms with Crippen LogP contribution in [0.2, 0.25) is 0 Å². The van der Waals surface area contributed by atoms with Crippen LogP contribution in [0.3, 0.4) is 0 Å². The van der Waals surface area contributed by atoms with E-state index in [1.807, 2.05) is 20.8 Å². The first-order valence-electron chi connectivity index (χ1n) is 5.59. The van der Waals surface area contributed by atoms with Crippen molar-refractivity contribution in [2.24, 2.45) is 11.8 Å². The van der Waals surface area contributed by atoms with Crippen molar-refractivity contribution in [1.82, 2.24) is 10.2 Å². The molecule has 1 heterocycles. The maximum Gasteiger partial charge on any atom is 0.317 e. The van der Waals surface area contributed by atoms with E-state index in [0.717, 1.165) is 0 Å². The molecule has 1 fully saturated rings. The number of urea groups is 1. The highest BCUT2D eigenvalue weighted by molar-refractivity contribution is 5.78. The molecule has 0 spiro atoms. The van der Waals surface area contributed by atoms with Crippen LogP contribution in [0.15, 0.2) is 0 Å². The highest BCUT2D eigenvalue weighted by Gasteiger charge is 2.37. The van der Waals surface area contributed by atoms with Gasteiger partial charge < -0.3 is 15.0 Å². The molecule has 5 nitrogen and oxygen atoms in total. The fourth-order valence-electron chi connectivity index (χ4n) is 1.93. The first-order chi connectivity index (χ1) is 7.45. The Morgan fingerprint density at radius 3 is 2.50 bits per heavy atom. The van der Waals surface area contributed by atoms with Gasteiger partial charge in [0.2, 0.25) is 0 Å². The Morgan fingerprint density at radius 1 is 1.38 bits per heavy atom. The minimum atomic E-state index is -0.229. The van der Waals surface area contributed by atoms with Gasteiger partial charge in [0, 0.05) is 19.1 Å². The highest BCUT2D eigenvalue weighted by Crippen LogP contribution is 2.23. The summed E-state index contributed by atoms with van der Waals surface area (Å²) in [6.07, 6.45) is 0. The second kappa shape index (κ2) is 5.18. The number of likely N-dealkylation sites (tertiary alicyclic amines) is 1. The summed E-state index contributed by atoms with van der Waals surface area (Å²) in [7, 11) is 1.38. The SMILES string of the molecule is COC(=O)C1CN(C(=O)NC(C)C)CC1C. The average molecular weight is 228 g/mol.